The van der Waals surface area contributed by atoms with Crippen LogP contribution in [0.3, 0.4) is 0 Å². The molecule has 0 aromatic rings. The van der Waals surface area contributed by atoms with Crippen molar-refractivity contribution in [2.45, 2.75) is 276 Å². The average Bonchev–Trinajstić information content (AvgIpc) is 3.08. The molecule has 4 N–H and O–H groups in total. The number of hydrogen-bond acceptors (Lipinski definition) is 12. The predicted molar refractivity (Wildman–Crippen MR) is 256 cm³/mol. The summed E-state index contributed by atoms with van der Waals surface area (Å²) >= 11 is 0. The minimum Gasteiger partial charge on any atom is -0.459 e. The monoisotopic (exact) mass is 1130 g/mol. The fourth-order valence-electron chi connectivity index (χ4n) is 10.7. The van der Waals surface area contributed by atoms with Gasteiger partial charge in [-0.05, 0) is 178 Å². The largest absolute Gasteiger partial charge is 0.459 e. The third kappa shape index (κ3) is 13.2. The van der Waals surface area contributed by atoms with Gasteiger partial charge in [0.25, 0.3) is 11.2 Å². The Morgan fingerprint density at radius 1 is 0.461 bits per heavy atom. The van der Waals surface area contributed by atoms with Crippen LogP contribution in [0.2, 0.25) is 0 Å². The Labute approximate surface area is 439 Å². The topological polar surface area (TPSA) is 170 Å². The van der Waals surface area contributed by atoms with Gasteiger partial charge in [0.05, 0.1) is 50.2 Å². The second kappa shape index (κ2) is 21.0. The Bertz CT molecular complexity index is 2070. The first-order chi connectivity index (χ1) is 32.7. The summed E-state index contributed by atoms with van der Waals surface area (Å²) in [7, 11) is 0. The van der Waals surface area contributed by atoms with E-state index in [9.17, 15) is 82.7 Å². The third-order valence-corrected chi connectivity index (χ3v) is 16.1. The van der Waals surface area contributed by atoms with E-state index in [1.165, 1.54) is 69.2 Å². The molecule has 0 amide bonds. The summed E-state index contributed by atoms with van der Waals surface area (Å²) in [5.74, 6) is -3.11. The molecule has 448 valence electrons. The van der Waals surface area contributed by atoms with Gasteiger partial charge in [-0.25, -0.2) is 9.59 Å². The molecule has 0 aromatic carbocycles. The van der Waals surface area contributed by atoms with Crippen molar-refractivity contribution < 1.29 is 111 Å². The third-order valence-electron chi connectivity index (χ3n) is 16.1. The first-order valence-electron chi connectivity index (χ1n) is 24.4. The molecular weight excluding hydrogens is 1040 g/mol. The van der Waals surface area contributed by atoms with Gasteiger partial charge in [0.15, 0.2) is 0 Å². The van der Waals surface area contributed by atoms with E-state index in [1.54, 1.807) is 55.4 Å². The number of hydrogen-bond donors (Lipinski definition) is 4. The molecule has 5 atom stereocenters. The number of carbonyl (C=O) groups is 2. The lowest BCUT2D eigenvalue weighted by atomic mass is 9.49. The molecule has 0 radical (unpaired) electrons. The number of halogens is 12. The van der Waals surface area contributed by atoms with Crippen LogP contribution in [-0.4, -0.2) is 136 Å². The van der Waals surface area contributed by atoms with Crippen molar-refractivity contribution in [1.82, 2.24) is 0 Å². The van der Waals surface area contributed by atoms with Gasteiger partial charge in [-0.2, -0.15) is 52.7 Å². The molecule has 0 aromatic heterocycles. The Balaban J connectivity index is 0.000000760. The molecule has 2 rings (SSSR count). The second-order valence-corrected chi connectivity index (χ2v) is 25.5. The van der Waals surface area contributed by atoms with E-state index < -0.39 is 133 Å². The van der Waals surface area contributed by atoms with Gasteiger partial charge < -0.3 is 48.8 Å². The van der Waals surface area contributed by atoms with E-state index in [2.05, 4.69) is 13.2 Å². The highest BCUT2D eigenvalue weighted by Crippen LogP contribution is 2.64. The van der Waals surface area contributed by atoms with Crippen molar-refractivity contribution in [1.29, 1.82) is 0 Å². The molecule has 76 heavy (non-hydrogen) atoms. The van der Waals surface area contributed by atoms with Crippen molar-refractivity contribution in [3.05, 3.63) is 24.3 Å². The normalized spacial score (nSPS) is 22.7. The number of carbonyl (C=O) groups excluding carboxylic acids is 2. The van der Waals surface area contributed by atoms with E-state index in [0.29, 0.717) is 27.7 Å². The molecule has 12 nitrogen and oxygen atoms in total. The maximum Gasteiger partial charge on any atom is 0.429 e. The van der Waals surface area contributed by atoms with Crippen molar-refractivity contribution in [3.8, 4) is 0 Å². The maximum atomic E-state index is 13.8. The summed E-state index contributed by atoms with van der Waals surface area (Å²) in [6, 6.07) is 0. The van der Waals surface area contributed by atoms with Crippen LogP contribution in [0.5, 0.6) is 0 Å². The van der Waals surface area contributed by atoms with E-state index >= 15 is 0 Å². The highest BCUT2D eigenvalue weighted by atomic mass is 19.4. The van der Waals surface area contributed by atoms with Crippen molar-refractivity contribution in [2.75, 3.05) is 0 Å². The standard InChI is InChI=1S/2C26H42F6O6/c1-15(2)17(33)36-16-13-14-23(16,20(7,8)37-19(5,6)18(3,4)34)21(9,10)38-22(11,12)24(35,25(27,28)29)26(30,31)32;1-14(2)18(33)36-16-13-15(17(16)20(5,6)38-22(9,10)21(7,8)34)19(3,4)37-23(11,12)24(35,25(27,28)29)26(30,31)32/h16,34-35H,1,13-14H2,2-12H3;15-17,34-35H,1,13H2,2-12H3. The number of ether oxygens (including phenoxy) is 6. The van der Waals surface area contributed by atoms with Crippen molar-refractivity contribution in [3.63, 3.8) is 0 Å². The molecule has 0 heterocycles. The van der Waals surface area contributed by atoms with E-state index in [4.69, 9.17) is 28.4 Å². The summed E-state index contributed by atoms with van der Waals surface area (Å²) in [6.07, 6.45) is -26.1. The van der Waals surface area contributed by atoms with Crippen LogP contribution in [0.15, 0.2) is 24.3 Å². The van der Waals surface area contributed by atoms with Crippen molar-refractivity contribution >= 4 is 11.9 Å². The van der Waals surface area contributed by atoms with Crippen LogP contribution >= 0.6 is 0 Å². The number of alkyl halides is 12. The van der Waals surface area contributed by atoms with E-state index in [-0.39, 0.29) is 30.4 Å². The van der Waals surface area contributed by atoms with Gasteiger partial charge in [0.1, 0.15) is 23.4 Å². The molecule has 5 unspecified atom stereocenters. The summed E-state index contributed by atoms with van der Waals surface area (Å²) in [4.78, 5) is 24.7. The van der Waals surface area contributed by atoms with Crippen LogP contribution < -0.4 is 0 Å². The quantitative estimate of drug-likeness (QED) is 0.0518. The first kappa shape index (κ1) is 71.3. The molecule has 24 heteroatoms. The van der Waals surface area contributed by atoms with E-state index in [0.717, 1.165) is 0 Å². The molecule has 2 aliphatic carbocycles. The number of esters is 2. The summed E-state index contributed by atoms with van der Waals surface area (Å²) < 4.78 is 200. The number of aliphatic hydroxyl groups is 4. The second-order valence-electron chi connectivity index (χ2n) is 25.5. The van der Waals surface area contributed by atoms with Crippen molar-refractivity contribution in [2.24, 2.45) is 17.3 Å². The SMILES string of the molecule is C=C(C)C(=O)OC1CC(C(C)(C)OC(C)(C)C(O)(C(F)(F)F)C(F)(F)F)C1C(C)(C)OC(C)(C)C(C)(C)O.C=C(C)C(=O)OC1CCC1(C(C)(C)OC(C)(C)C(C)(C)O)C(C)(C)OC(C)(C)C(O)(C(F)(F)F)C(F)(F)F. The molecule has 0 spiro atoms. The van der Waals surface area contributed by atoms with Gasteiger partial charge in [-0.3, -0.25) is 0 Å². The van der Waals surface area contributed by atoms with Gasteiger partial charge in [-0.1, -0.05) is 13.2 Å². The Kier molecular flexibility index (Phi) is 19.7. The van der Waals surface area contributed by atoms with Crippen LogP contribution in [0.4, 0.5) is 52.7 Å². The minimum atomic E-state index is -6.14. The minimum absolute atomic E-state index is 0.0268. The summed E-state index contributed by atoms with van der Waals surface area (Å²) in [6.45, 7) is 35.8. The zero-order valence-electron chi connectivity index (χ0n) is 47.9. The number of rotatable bonds is 20. The average molecular weight is 1130 g/mol. The van der Waals surface area contributed by atoms with Crippen LogP contribution in [-0.2, 0) is 38.0 Å². The summed E-state index contributed by atoms with van der Waals surface area (Å²) in [5.41, 5.74) is -29.8. The van der Waals surface area contributed by atoms with Gasteiger partial charge in [0, 0.05) is 17.1 Å². The van der Waals surface area contributed by atoms with Crippen LogP contribution in [0.1, 0.15) is 172 Å². The summed E-state index contributed by atoms with van der Waals surface area (Å²) in [5, 5.41) is 41.5. The van der Waals surface area contributed by atoms with E-state index in [1.807, 2.05) is 0 Å². The zero-order chi connectivity index (χ0) is 61.5. The van der Waals surface area contributed by atoms with Crippen LogP contribution in [0.25, 0.3) is 0 Å². The zero-order valence-corrected chi connectivity index (χ0v) is 47.9. The Morgan fingerprint density at radius 2 is 0.750 bits per heavy atom. The Morgan fingerprint density at radius 3 is 1.04 bits per heavy atom. The molecule has 0 saturated heterocycles. The Hall–Kier alpha value is -2.74. The molecule has 2 aliphatic rings. The molecule has 0 aliphatic heterocycles. The van der Waals surface area contributed by atoms with Gasteiger partial charge in [-0.15, -0.1) is 0 Å². The van der Waals surface area contributed by atoms with Gasteiger partial charge >= 0.3 is 36.6 Å². The molecule has 0 bridgehead atoms. The lowest BCUT2D eigenvalue weighted by Crippen LogP contribution is -2.76. The predicted octanol–water partition coefficient (Wildman–Crippen LogP) is 11.9. The molecule has 2 saturated carbocycles. The molecular formula is C52H84F12O12. The fourth-order valence-corrected chi connectivity index (χ4v) is 10.7. The smallest absolute Gasteiger partial charge is 0.429 e. The fraction of sp³-hybridized carbons (Fsp3) is 0.885. The van der Waals surface area contributed by atoms with Gasteiger partial charge in [0.2, 0.25) is 0 Å². The van der Waals surface area contributed by atoms with Crippen LogP contribution in [0, 0.1) is 17.3 Å². The lowest BCUT2D eigenvalue weighted by Gasteiger charge is -2.66. The lowest BCUT2D eigenvalue weighted by molar-refractivity contribution is -0.431. The first-order valence-corrected chi connectivity index (χ1v) is 24.4. The highest BCUT2D eigenvalue weighted by Gasteiger charge is 2.81. The highest BCUT2D eigenvalue weighted by molar-refractivity contribution is 5.87. The molecule has 2 fully saturated rings. The maximum absolute atomic E-state index is 13.8.